The number of hydrogen-bond acceptors (Lipinski definition) is 6. The van der Waals surface area contributed by atoms with Crippen molar-refractivity contribution in [1.29, 1.82) is 0 Å². The van der Waals surface area contributed by atoms with Crippen molar-refractivity contribution in [2.75, 3.05) is 0 Å². The predicted octanol–water partition coefficient (Wildman–Crippen LogP) is 15.6. The number of aliphatic hydroxyl groups is 3. The van der Waals surface area contributed by atoms with Crippen LogP contribution in [0.3, 0.4) is 0 Å². The van der Waals surface area contributed by atoms with E-state index in [9.17, 15) is 29.7 Å². The molecule has 2 atom stereocenters. The molecule has 0 bridgehead atoms. The highest BCUT2D eigenvalue weighted by Crippen LogP contribution is 2.25. The van der Waals surface area contributed by atoms with Crippen LogP contribution in [0.4, 0.5) is 0 Å². The number of aliphatic hydroxyl groups excluding tert-OH is 2. The van der Waals surface area contributed by atoms with Gasteiger partial charge >= 0.3 is 0 Å². The Hall–Kier alpha value is -2.67. The van der Waals surface area contributed by atoms with Crippen molar-refractivity contribution in [3.63, 3.8) is 0 Å². The van der Waals surface area contributed by atoms with E-state index in [1.54, 1.807) is 0 Å². The minimum atomic E-state index is -2.79. The molecule has 6 nitrogen and oxygen atoms in total. The Bertz CT molecular complexity index is 1200. The Kier molecular flexibility index (Phi) is 43.9. The molecule has 2 unspecified atom stereocenters. The molecule has 0 amide bonds. The molecular formula is C57H98O6. The predicted molar refractivity (Wildman–Crippen MR) is 270 cm³/mol. The molecule has 0 radical (unpaired) electrons. The highest BCUT2D eigenvalue weighted by atomic mass is 16.4. The van der Waals surface area contributed by atoms with Crippen molar-refractivity contribution in [2.24, 2.45) is 0 Å². The van der Waals surface area contributed by atoms with Gasteiger partial charge in [0.05, 0.1) is 0 Å². The van der Waals surface area contributed by atoms with Crippen LogP contribution < -0.4 is 0 Å². The standard InChI is InChI=1S/C57H98O6/c1-4-7-10-13-16-19-22-25-28-31-34-37-40-43-46-49-52(58)55(61)56(62)57(63,53(59)50-47-44-41-38-35-32-29-26-23-20-17-14-11-8-5-2)54(60)51-48-45-42-39-36-33-30-27-24-21-18-15-12-9-6-3/h16-21,25-30,55-56,61-63H,4-15,22-24,31-51H2,1-3H3/b19-16-,20-17-,21-18-,28-25-,29-26-,30-27-. The van der Waals surface area contributed by atoms with Crippen LogP contribution in [0.15, 0.2) is 72.9 Å². The lowest BCUT2D eigenvalue weighted by molar-refractivity contribution is -0.174. The number of carbonyl (C=O) groups excluding carboxylic acids is 3. The van der Waals surface area contributed by atoms with Gasteiger partial charge in [0.15, 0.2) is 17.3 Å². The van der Waals surface area contributed by atoms with Gasteiger partial charge in [-0.3, -0.25) is 14.4 Å². The van der Waals surface area contributed by atoms with Crippen molar-refractivity contribution in [1.82, 2.24) is 0 Å². The highest BCUT2D eigenvalue weighted by molar-refractivity contribution is 6.11. The Morgan fingerprint density at radius 2 is 0.619 bits per heavy atom. The van der Waals surface area contributed by atoms with Gasteiger partial charge in [0.25, 0.3) is 0 Å². The van der Waals surface area contributed by atoms with Crippen molar-refractivity contribution in [2.45, 2.75) is 270 Å². The average molecular weight is 879 g/mol. The van der Waals surface area contributed by atoms with Crippen molar-refractivity contribution in [3.8, 4) is 0 Å². The van der Waals surface area contributed by atoms with E-state index < -0.39 is 35.2 Å². The lowest BCUT2D eigenvalue weighted by Gasteiger charge is -2.32. The van der Waals surface area contributed by atoms with Gasteiger partial charge in [0, 0.05) is 19.3 Å². The zero-order valence-electron chi connectivity index (χ0n) is 41.1. The number of unbranched alkanes of at least 4 members (excludes halogenated alkanes) is 24. The first-order chi connectivity index (χ1) is 30.8. The maximum Gasteiger partial charge on any atom is 0.210 e. The van der Waals surface area contributed by atoms with Crippen LogP contribution in [0.5, 0.6) is 0 Å². The van der Waals surface area contributed by atoms with E-state index in [2.05, 4.69) is 93.7 Å². The highest BCUT2D eigenvalue weighted by Gasteiger charge is 2.52. The molecule has 0 aromatic heterocycles. The molecule has 0 heterocycles. The van der Waals surface area contributed by atoms with E-state index in [4.69, 9.17) is 0 Å². The Morgan fingerprint density at radius 3 is 0.921 bits per heavy atom. The first kappa shape index (κ1) is 60.3. The minimum absolute atomic E-state index is 0.0249. The van der Waals surface area contributed by atoms with Crippen molar-refractivity contribution < 1.29 is 29.7 Å². The summed E-state index contributed by atoms with van der Waals surface area (Å²) in [6.45, 7) is 6.66. The van der Waals surface area contributed by atoms with Gasteiger partial charge in [0.1, 0.15) is 12.2 Å². The van der Waals surface area contributed by atoms with E-state index in [1.807, 2.05) is 0 Å². The number of Topliss-reactive ketones (excluding diaryl/α,β-unsaturated/α-hetero) is 3. The van der Waals surface area contributed by atoms with Crippen molar-refractivity contribution >= 4 is 17.3 Å². The zero-order chi connectivity index (χ0) is 46.3. The maximum atomic E-state index is 13.6. The van der Waals surface area contributed by atoms with Gasteiger partial charge in [0.2, 0.25) is 5.60 Å². The summed E-state index contributed by atoms with van der Waals surface area (Å²) in [5.41, 5.74) is -2.79. The molecule has 0 aliphatic heterocycles. The molecule has 362 valence electrons. The normalized spacial score (nSPS) is 13.6. The Labute approximate surface area is 388 Å². The lowest BCUT2D eigenvalue weighted by atomic mass is 9.79. The molecule has 0 saturated heterocycles. The van der Waals surface area contributed by atoms with Crippen LogP contribution in [0, 0.1) is 0 Å². The molecule has 0 rings (SSSR count). The third kappa shape index (κ3) is 35.3. The minimum Gasteiger partial charge on any atom is -0.386 e. The van der Waals surface area contributed by atoms with Gasteiger partial charge in [-0.25, -0.2) is 0 Å². The number of hydrogen-bond donors (Lipinski definition) is 3. The molecule has 6 heteroatoms. The van der Waals surface area contributed by atoms with Crippen LogP contribution in [0.25, 0.3) is 0 Å². The quantitative estimate of drug-likeness (QED) is 0.0319. The van der Waals surface area contributed by atoms with E-state index in [1.165, 1.54) is 57.8 Å². The monoisotopic (exact) mass is 879 g/mol. The van der Waals surface area contributed by atoms with Crippen LogP contribution in [0.2, 0.25) is 0 Å². The fourth-order valence-corrected chi connectivity index (χ4v) is 7.72. The molecule has 0 saturated carbocycles. The third-order valence-corrected chi connectivity index (χ3v) is 12.0. The first-order valence-electron chi connectivity index (χ1n) is 26.3. The molecule has 0 aromatic rings. The maximum absolute atomic E-state index is 13.6. The van der Waals surface area contributed by atoms with E-state index in [-0.39, 0.29) is 19.3 Å². The van der Waals surface area contributed by atoms with Gasteiger partial charge in [-0.2, -0.15) is 0 Å². The fourth-order valence-electron chi connectivity index (χ4n) is 7.72. The van der Waals surface area contributed by atoms with Gasteiger partial charge in [-0.05, 0) is 116 Å². The molecule has 0 aromatic carbocycles. The molecule has 0 spiro atoms. The van der Waals surface area contributed by atoms with Crippen LogP contribution in [-0.2, 0) is 14.4 Å². The van der Waals surface area contributed by atoms with E-state index in [0.717, 1.165) is 135 Å². The molecule has 0 aliphatic rings. The average Bonchev–Trinajstić information content (AvgIpc) is 3.29. The Morgan fingerprint density at radius 1 is 0.365 bits per heavy atom. The summed E-state index contributed by atoms with van der Waals surface area (Å²) in [4.78, 5) is 40.2. The molecule has 0 aliphatic carbocycles. The second-order valence-electron chi connectivity index (χ2n) is 17.9. The number of carbonyl (C=O) groups is 3. The Balaban J connectivity index is 4.90. The van der Waals surface area contributed by atoms with E-state index >= 15 is 0 Å². The first-order valence-corrected chi connectivity index (χ1v) is 26.3. The van der Waals surface area contributed by atoms with Crippen LogP contribution in [0.1, 0.15) is 252 Å². The molecular weight excluding hydrogens is 781 g/mol. The molecule has 3 N–H and O–H groups in total. The largest absolute Gasteiger partial charge is 0.386 e. The summed E-state index contributed by atoms with van der Waals surface area (Å²) in [7, 11) is 0. The van der Waals surface area contributed by atoms with E-state index in [0.29, 0.717) is 19.3 Å². The number of ketones is 3. The van der Waals surface area contributed by atoms with Gasteiger partial charge < -0.3 is 15.3 Å². The summed E-state index contributed by atoms with van der Waals surface area (Å²) >= 11 is 0. The summed E-state index contributed by atoms with van der Waals surface area (Å²) in [6, 6.07) is 0. The topological polar surface area (TPSA) is 112 Å². The van der Waals surface area contributed by atoms with Crippen molar-refractivity contribution in [3.05, 3.63) is 72.9 Å². The summed E-state index contributed by atoms with van der Waals surface area (Å²) in [6.07, 6.45) is 56.2. The number of allylic oxidation sites excluding steroid dienone is 12. The van der Waals surface area contributed by atoms with Gasteiger partial charge in [-0.1, -0.05) is 190 Å². The number of rotatable bonds is 47. The summed E-state index contributed by atoms with van der Waals surface area (Å²) in [5.74, 6) is -2.23. The molecule has 63 heavy (non-hydrogen) atoms. The van der Waals surface area contributed by atoms with Gasteiger partial charge in [-0.15, -0.1) is 0 Å². The lowest BCUT2D eigenvalue weighted by Crippen LogP contribution is -2.61. The summed E-state index contributed by atoms with van der Waals surface area (Å²) in [5, 5.41) is 33.9. The summed E-state index contributed by atoms with van der Waals surface area (Å²) < 4.78 is 0. The molecule has 0 fully saturated rings. The SMILES string of the molecule is CCCCC/C=C\C/C=C\CCCCCCCC(=O)C(O)C(O)C(O)(C(=O)CCCCCCC/C=C\C/C=C\CCCCC)C(=O)CCCCCCC/C=C\C/C=C\CCCCC. The van der Waals surface area contributed by atoms with Crippen LogP contribution >= 0.6 is 0 Å². The third-order valence-electron chi connectivity index (χ3n) is 12.0. The second kappa shape index (κ2) is 45.9. The van der Waals surface area contributed by atoms with Crippen LogP contribution in [-0.4, -0.2) is 50.5 Å². The fraction of sp³-hybridized carbons (Fsp3) is 0.737. The smallest absolute Gasteiger partial charge is 0.210 e. The second-order valence-corrected chi connectivity index (χ2v) is 17.9. The zero-order valence-corrected chi connectivity index (χ0v) is 41.1.